The summed E-state index contributed by atoms with van der Waals surface area (Å²) in [5.74, 6) is -1.00. The average Bonchev–Trinajstić information content (AvgIpc) is 2.12. The molecule has 0 aromatic heterocycles. The molecule has 0 rings (SSSR count). The van der Waals surface area contributed by atoms with Gasteiger partial charge in [-0.3, -0.25) is 4.79 Å². The first kappa shape index (κ1) is 16.2. The monoisotopic (exact) mass is 222 g/mol. The second-order valence-electron chi connectivity index (χ2n) is 2.31. The molecule has 7 heteroatoms. The minimum atomic E-state index is -1.86. The van der Waals surface area contributed by atoms with Gasteiger partial charge in [-0.2, -0.15) is 0 Å². The molecule has 0 saturated carbocycles. The van der Waals surface area contributed by atoms with Crippen LogP contribution in [-0.2, 0) is 4.79 Å². The van der Waals surface area contributed by atoms with Gasteiger partial charge in [-0.05, 0) is 0 Å². The number of rotatable bonds is 5. The van der Waals surface area contributed by atoms with E-state index in [1.165, 1.54) is 0 Å². The van der Waals surface area contributed by atoms with Gasteiger partial charge in [0.05, 0.1) is 6.61 Å². The van der Waals surface area contributed by atoms with Crippen molar-refractivity contribution in [3.8, 4) is 0 Å². The van der Waals surface area contributed by atoms with Crippen molar-refractivity contribution >= 4 is 43.5 Å². The fraction of sp³-hybridized carbons (Fsp3) is 0.833. The van der Waals surface area contributed by atoms with E-state index in [-0.39, 0.29) is 37.7 Å². The molecule has 0 aromatic carbocycles. The number of Topliss-reactive ketones (excluding diaryl/α,β-unsaturated/α-hetero) is 1. The summed E-state index contributed by atoms with van der Waals surface area (Å²) in [6.07, 6.45) is -5.22. The summed E-state index contributed by atoms with van der Waals surface area (Å²) in [5.41, 5.74) is 0. The van der Waals surface area contributed by atoms with Crippen molar-refractivity contribution in [3.63, 3.8) is 0 Å². The molecule has 0 unspecified atom stereocenters. The summed E-state index contributed by atoms with van der Waals surface area (Å²) in [6.45, 7) is -1.69. The molecular formula is C6H14CaO6. The molecule has 76 valence electrons. The molecule has 0 radical (unpaired) electrons. The quantitative estimate of drug-likeness (QED) is 0.300. The van der Waals surface area contributed by atoms with Crippen LogP contribution in [0.15, 0.2) is 0 Å². The standard InChI is InChI=1S/C6H12O6.Ca.2H/c7-1-3(9)5(11)6(12)4(10)2-8;;;/h3,5-9,11-12H,1-2H2;;;/t3-,5-,6-;;;/m1.../s1. The van der Waals surface area contributed by atoms with Crippen molar-refractivity contribution < 1.29 is 30.3 Å². The van der Waals surface area contributed by atoms with Crippen LogP contribution < -0.4 is 0 Å². The van der Waals surface area contributed by atoms with Gasteiger partial charge in [0, 0.05) is 0 Å². The molecule has 0 heterocycles. The van der Waals surface area contributed by atoms with Crippen molar-refractivity contribution in [3.05, 3.63) is 0 Å². The van der Waals surface area contributed by atoms with E-state index in [1.807, 2.05) is 0 Å². The van der Waals surface area contributed by atoms with E-state index in [4.69, 9.17) is 25.5 Å². The molecular weight excluding hydrogens is 208 g/mol. The van der Waals surface area contributed by atoms with Gasteiger partial charge in [-0.25, -0.2) is 0 Å². The first-order valence-corrected chi connectivity index (χ1v) is 3.33. The Bertz CT molecular complexity index is 152. The number of aliphatic hydroxyl groups excluding tert-OH is 5. The van der Waals surface area contributed by atoms with Crippen LogP contribution in [-0.4, -0.2) is 101 Å². The van der Waals surface area contributed by atoms with Crippen molar-refractivity contribution in [2.75, 3.05) is 13.2 Å². The number of ketones is 1. The summed E-state index contributed by atoms with van der Waals surface area (Å²) in [6, 6.07) is 0. The fourth-order valence-corrected chi connectivity index (χ4v) is 0.602. The van der Waals surface area contributed by atoms with Crippen LogP contribution in [0.1, 0.15) is 0 Å². The van der Waals surface area contributed by atoms with E-state index < -0.39 is 37.3 Å². The Morgan fingerprint density at radius 3 is 1.92 bits per heavy atom. The molecule has 0 aliphatic heterocycles. The van der Waals surface area contributed by atoms with Gasteiger partial charge in [-0.1, -0.05) is 0 Å². The predicted molar refractivity (Wildman–Crippen MR) is 45.7 cm³/mol. The molecule has 5 N–H and O–H groups in total. The van der Waals surface area contributed by atoms with Crippen LogP contribution >= 0.6 is 0 Å². The van der Waals surface area contributed by atoms with Gasteiger partial charge in [0.1, 0.15) is 24.9 Å². The molecule has 6 nitrogen and oxygen atoms in total. The average molecular weight is 222 g/mol. The third-order valence-corrected chi connectivity index (χ3v) is 1.39. The normalized spacial score (nSPS) is 17.0. The van der Waals surface area contributed by atoms with E-state index >= 15 is 0 Å². The molecule has 0 amide bonds. The Kier molecular flexibility index (Phi) is 10.0. The summed E-state index contributed by atoms with van der Waals surface area (Å²) in [7, 11) is 0. The van der Waals surface area contributed by atoms with Gasteiger partial charge < -0.3 is 25.5 Å². The van der Waals surface area contributed by atoms with E-state index in [0.29, 0.717) is 0 Å². The van der Waals surface area contributed by atoms with Crippen molar-refractivity contribution in [2.24, 2.45) is 0 Å². The Morgan fingerprint density at radius 2 is 1.62 bits per heavy atom. The molecule has 13 heavy (non-hydrogen) atoms. The van der Waals surface area contributed by atoms with Crippen LogP contribution in [0.5, 0.6) is 0 Å². The summed E-state index contributed by atoms with van der Waals surface area (Å²) in [5, 5.41) is 43.1. The second kappa shape index (κ2) is 8.07. The molecule has 0 aromatic rings. The van der Waals surface area contributed by atoms with Gasteiger partial charge in [0.25, 0.3) is 0 Å². The molecule has 0 bridgehead atoms. The number of carbonyl (C=O) groups is 1. The maximum absolute atomic E-state index is 10.5. The molecule has 0 aliphatic carbocycles. The summed E-state index contributed by atoms with van der Waals surface area (Å²) >= 11 is 0. The fourth-order valence-electron chi connectivity index (χ4n) is 0.602. The third-order valence-electron chi connectivity index (χ3n) is 1.39. The van der Waals surface area contributed by atoms with Crippen molar-refractivity contribution in [1.29, 1.82) is 0 Å². The van der Waals surface area contributed by atoms with Crippen LogP contribution in [0.2, 0.25) is 0 Å². The van der Waals surface area contributed by atoms with E-state index in [0.717, 1.165) is 0 Å². The first-order valence-electron chi connectivity index (χ1n) is 3.33. The topological polar surface area (TPSA) is 118 Å². The van der Waals surface area contributed by atoms with E-state index in [9.17, 15) is 4.79 Å². The number of hydrogen-bond acceptors (Lipinski definition) is 6. The van der Waals surface area contributed by atoms with Gasteiger partial charge in [0.2, 0.25) is 0 Å². The molecule has 0 aliphatic rings. The van der Waals surface area contributed by atoms with Gasteiger partial charge in [-0.15, -0.1) is 0 Å². The zero-order chi connectivity index (χ0) is 9.72. The van der Waals surface area contributed by atoms with Crippen molar-refractivity contribution in [1.82, 2.24) is 0 Å². The zero-order valence-corrected chi connectivity index (χ0v) is 6.29. The Morgan fingerprint density at radius 1 is 1.15 bits per heavy atom. The van der Waals surface area contributed by atoms with Crippen LogP contribution in [0.25, 0.3) is 0 Å². The summed E-state index contributed by atoms with van der Waals surface area (Å²) < 4.78 is 0. The number of aliphatic hydroxyl groups is 5. The second-order valence-corrected chi connectivity index (χ2v) is 2.31. The third kappa shape index (κ3) is 5.24. The zero-order valence-electron chi connectivity index (χ0n) is 6.29. The Balaban J connectivity index is 0. The SMILES string of the molecule is O=C(CO)[C@@H](O)[C@H](O)[C@H](O)CO.[CaH2]. The molecule has 3 atom stereocenters. The van der Waals surface area contributed by atoms with E-state index in [2.05, 4.69) is 0 Å². The molecule has 0 spiro atoms. The first-order chi connectivity index (χ1) is 5.54. The molecule has 0 saturated heterocycles. The molecule has 0 fully saturated rings. The predicted octanol–water partition coefficient (Wildman–Crippen LogP) is -4.29. The Hall–Kier alpha value is 0.730. The maximum atomic E-state index is 10.5. The van der Waals surface area contributed by atoms with Crippen LogP contribution in [0, 0.1) is 0 Å². The van der Waals surface area contributed by atoms with Crippen LogP contribution in [0.4, 0.5) is 0 Å². The number of hydrogen-bond donors (Lipinski definition) is 5. The Labute approximate surface area is 105 Å². The van der Waals surface area contributed by atoms with Crippen molar-refractivity contribution in [2.45, 2.75) is 18.3 Å². The summed E-state index contributed by atoms with van der Waals surface area (Å²) in [4.78, 5) is 10.5. The number of carbonyl (C=O) groups excluding carboxylic acids is 1. The minimum absolute atomic E-state index is 0. The van der Waals surface area contributed by atoms with Gasteiger partial charge in [0.15, 0.2) is 5.78 Å². The van der Waals surface area contributed by atoms with Gasteiger partial charge >= 0.3 is 37.7 Å². The van der Waals surface area contributed by atoms with Crippen LogP contribution in [0.3, 0.4) is 0 Å². The van der Waals surface area contributed by atoms with E-state index in [1.54, 1.807) is 0 Å².